The highest BCUT2D eigenvalue weighted by Gasteiger charge is 2.37. The van der Waals surface area contributed by atoms with E-state index in [1.165, 1.54) is 6.42 Å². The first kappa shape index (κ1) is 15.0. The highest BCUT2D eigenvalue weighted by Crippen LogP contribution is 2.40. The molecule has 0 bridgehead atoms. The van der Waals surface area contributed by atoms with Gasteiger partial charge >= 0.3 is 0 Å². The summed E-state index contributed by atoms with van der Waals surface area (Å²) in [6, 6.07) is 9.46. The van der Waals surface area contributed by atoms with Crippen LogP contribution in [0.2, 0.25) is 0 Å². The Bertz CT molecular complexity index is 442. The summed E-state index contributed by atoms with van der Waals surface area (Å²) in [7, 11) is 0. The molecule has 0 spiro atoms. The first-order valence-electron chi connectivity index (χ1n) is 7.51. The van der Waals surface area contributed by atoms with Gasteiger partial charge in [0.15, 0.2) is 0 Å². The van der Waals surface area contributed by atoms with Gasteiger partial charge in [0.25, 0.3) is 0 Å². The molecule has 1 unspecified atom stereocenters. The molecule has 1 aliphatic carbocycles. The SMILES string of the molecule is CC1(C)CCCC[C@@H]1C(=O)NCC(O)c1ccccc1. The van der Waals surface area contributed by atoms with Crippen LogP contribution in [-0.2, 0) is 4.79 Å². The van der Waals surface area contributed by atoms with Crippen molar-refractivity contribution in [2.75, 3.05) is 6.54 Å². The van der Waals surface area contributed by atoms with Crippen LogP contribution in [-0.4, -0.2) is 17.6 Å². The van der Waals surface area contributed by atoms with E-state index in [4.69, 9.17) is 0 Å². The predicted molar refractivity (Wildman–Crippen MR) is 80.2 cm³/mol. The fourth-order valence-electron chi connectivity index (χ4n) is 3.09. The maximum atomic E-state index is 12.3. The molecule has 110 valence electrons. The average molecular weight is 275 g/mol. The lowest BCUT2D eigenvalue weighted by molar-refractivity contribution is -0.130. The first-order chi connectivity index (χ1) is 9.50. The van der Waals surface area contributed by atoms with Crippen molar-refractivity contribution >= 4 is 5.91 Å². The number of carbonyl (C=O) groups is 1. The van der Waals surface area contributed by atoms with E-state index >= 15 is 0 Å². The summed E-state index contributed by atoms with van der Waals surface area (Å²) >= 11 is 0. The molecule has 0 saturated heterocycles. The van der Waals surface area contributed by atoms with E-state index in [1.807, 2.05) is 30.3 Å². The molecule has 1 amide bonds. The Balaban J connectivity index is 1.89. The summed E-state index contributed by atoms with van der Waals surface area (Å²) in [4.78, 5) is 12.3. The lowest BCUT2D eigenvalue weighted by atomic mass is 9.68. The van der Waals surface area contributed by atoms with Crippen LogP contribution >= 0.6 is 0 Å². The van der Waals surface area contributed by atoms with Crippen LogP contribution in [0.25, 0.3) is 0 Å². The highest BCUT2D eigenvalue weighted by atomic mass is 16.3. The lowest BCUT2D eigenvalue weighted by Crippen LogP contribution is -2.42. The monoisotopic (exact) mass is 275 g/mol. The maximum absolute atomic E-state index is 12.3. The molecule has 0 heterocycles. The molecule has 2 atom stereocenters. The summed E-state index contributed by atoms with van der Waals surface area (Å²) in [6.07, 6.45) is 3.77. The fourth-order valence-corrected chi connectivity index (χ4v) is 3.09. The van der Waals surface area contributed by atoms with E-state index in [9.17, 15) is 9.90 Å². The van der Waals surface area contributed by atoms with Crippen molar-refractivity contribution in [1.82, 2.24) is 5.32 Å². The van der Waals surface area contributed by atoms with Gasteiger partial charge in [0.05, 0.1) is 6.10 Å². The molecular formula is C17H25NO2. The number of amides is 1. The first-order valence-corrected chi connectivity index (χ1v) is 7.51. The third-order valence-corrected chi connectivity index (χ3v) is 4.48. The van der Waals surface area contributed by atoms with Gasteiger partial charge in [0.1, 0.15) is 0 Å². The van der Waals surface area contributed by atoms with Crippen LogP contribution < -0.4 is 5.32 Å². The van der Waals surface area contributed by atoms with Gasteiger partial charge in [-0.3, -0.25) is 4.79 Å². The van der Waals surface area contributed by atoms with Crippen molar-refractivity contribution in [2.24, 2.45) is 11.3 Å². The number of benzene rings is 1. The van der Waals surface area contributed by atoms with Crippen LogP contribution in [0.4, 0.5) is 0 Å². The van der Waals surface area contributed by atoms with Crippen molar-refractivity contribution in [1.29, 1.82) is 0 Å². The normalized spacial score (nSPS) is 23.1. The Morgan fingerprint density at radius 1 is 1.35 bits per heavy atom. The summed E-state index contributed by atoms with van der Waals surface area (Å²) in [5, 5.41) is 13.0. The van der Waals surface area contributed by atoms with E-state index in [0.29, 0.717) is 0 Å². The Morgan fingerprint density at radius 2 is 2.05 bits per heavy atom. The van der Waals surface area contributed by atoms with Crippen molar-refractivity contribution in [3.05, 3.63) is 35.9 Å². The lowest BCUT2D eigenvalue weighted by Gasteiger charge is -2.37. The second-order valence-corrected chi connectivity index (χ2v) is 6.46. The number of nitrogens with one attached hydrogen (secondary N) is 1. The summed E-state index contributed by atoms with van der Waals surface area (Å²) < 4.78 is 0. The molecule has 3 heteroatoms. The second-order valence-electron chi connectivity index (χ2n) is 6.46. The molecule has 1 aromatic rings. The zero-order valence-electron chi connectivity index (χ0n) is 12.4. The zero-order valence-corrected chi connectivity index (χ0v) is 12.4. The van der Waals surface area contributed by atoms with Crippen molar-refractivity contribution in [3.63, 3.8) is 0 Å². The summed E-state index contributed by atoms with van der Waals surface area (Å²) in [5.74, 6) is 0.156. The average Bonchev–Trinajstić information content (AvgIpc) is 2.45. The molecule has 2 rings (SSSR count). The largest absolute Gasteiger partial charge is 0.387 e. The molecule has 1 aromatic carbocycles. The minimum absolute atomic E-state index is 0.0687. The van der Waals surface area contributed by atoms with E-state index in [2.05, 4.69) is 19.2 Å². The molecule has 0 aliphatic heterocycles. The van der Waals surface area contributed by atoms with Gasteiger partial charge < -0.3 is 10.4 Å². The molecule has 1 saturated carbocycles. The van der Waals surface area contributed by atoms with Gasteiger partial charge in [-0.25, -0.2) is 0 Å². The van der Waals surface area contributed by atoms with Gasteiger partial charge in [-0.2, -0.15) is 0 Å². The molecule has 1 fully saturated rings. The smallest absolute Gasteiger partial charge is 0.223 e. The van der Waals surface area contributed by atoms with Gasteiger partial charge in [-0.05, 0) is 23.8 Å². The van der Waals surface area contributed by atoms with Crippen molar-refractivity contribution in [2.45, 2.75) is 45.6 Å². The molecule has 0 aromatic heterocycles. The van der Waals surface area contributed by atoms with E-state index < -0.39 is 6.10 Å². The van der Waals surface area contributed by atoms with Crippen LogP contribution in [0.5, 0.6) is 0 Å². The van der Waals surface area contributed by atoms with Crippen LogP contribution in [0.1, 0.15) is 51.2 Å². The number of aliphatic hydroxyl groups excluding tert-OH is 1. The Hall–Kier alpha value is -1.35. The molecule has 3 nitrogen and oxygen atoms in total. The maximum Gasteiger partial charge on any atom is 0.223 e. The van der Waals surface area contributed by atoms with Crippen LogP contribution in [0.3, 0.4) is 0 Å². The number of hydrogen-bond donors (Lipinski definition) is 2. The zero-order chi connectivity index (χ0) is 14.6. The number of aliphatic hydroxyl groups is 1. The third-order valence-electron chi connectivity index (χ3n) is 4.48. The Kier molecular flexibility index (Phi) is 4.81. The quantitative estimate of drug-likeness (QED) is 0.887. The fraction of sp³-hybridized carbons (Fsp3) is 0.588. The molecular weight excluding hydrogens is 250 g/mol. The van der Waals surface area contributed by atoms with E-state index in [0.717, 1.165) is 24.8 Å². The summed E-state index contributed by atoms with van der Waals surface area (Å²) in [5.41, 5.74) is 0.913. The number of hydrogen-bond acceptors (Lipinski definition) is 2. The number of rotatable bonds is 4. The van der Waals surface area contributed by atoms with Gasteiger partial charge in [0, 0.05) is 12.5 Å². The van der Waals surface area contributed by atoms with Gasteiger partial charge in [0.2, 0.25) is 5.91 Å². The standard InChI is InChI=1S/C17H25NO2/c1-17(2)11-7-6-10-14(17)16(20)18-12-15(19)13-8-4-3-5-9-13/h3-5,8-9,14-15,19H,6-7,10-12H2,1-2H3,(H,18,20)/t14-,15?/m1/s1. The van der Waals surface area contributed by atoms with E-state index in [1.54, 1.807) is 0 Å². The topological polar surface area (TPSA) is 49.3 Å². The molecule has 1 aliphatic rings. The van der Waals surface area contributed by atoms with E-state index in [-0.39, 0.29) is 23.8 Å². The minimum Gasteiger partial charge on any atom is -0.387 e. The molecule has 0 radical (unpaired) electrons. The Morgan fingerprint density at radius 3 is 2.70 bits per heavy atom. The second kappa shape index (κ2) is 6.40. The minimum atomic E-state index is -0.633. The van der Waals surface area contributed by atoms with Gasteiger partial charge in [-0.15, -0.1) is 0 Å². The third kappa shape index (κ3) is 3.60. The molecule has 2 N–H and O–H groups in total. The van der Waals surface area contributed by atoms with Crippen molar-refractivity contribution < 1.29 is 9.90 Å². The van der Waals surface area contributed by atoms with Crippen molar-refractivity contribution in [3.8, 4) is 0 Å². The summed E-state index contributed by atoms with van der Waals surface area (Å²) in [6.45, 7) is 4.63. The molecule has 20 heavy (non-hydrogen) atoms. The van der Waals surface area contributed by atoms with Gasteiger partial charge in [-0.1, -0.05) is 57.0 Å². The Labute approximate surface area is 121 Å². The predicted octanol–water partition coefficient (Wildman–Crippen LogP) is 3.05. The van der Waals surface area contributed by atoms with Crippen LogP contribution in [0, 0.1) is 11.3 Å². The van der Waals surface area contributed by atoms with Crippen LogP contribution in [0.15, 0.2) is 30.3 Å². The highest BCUT2D eigenvalue weighted by molar-refractivity contribution is 5.79. The number of carbonyl (C=O) groups excluding carboxylic acids is 1.